The molecule has 0 aliphatic rings. The molecular weight excluding hydrogens is 238 g/mol. The van der Waals surface area contributed by atoms with E-state index in [9.17, 15) is 0 Å². The van der Waals surface area contributed by atoms with Crippen LogP contribution in [0.15, 0.2) is 30.7 Å². The summed E-state index contributed by atoms with van der Waals surface area (Å²) < 4.78 is 0. The second kappa shape index (κ2) is 5.44. The maximum atomic E-state index is 9.15. The van der Waals surface area contributed by atoms with Crippen molar-refractivity contribution in [2.75, 3.05) is 5.73 Å². The molecule has 5 heteroatoms. The predicted octanol–water partition coefficient (Wildman–Crippen LogP) is 2.38. The minimum Gasteiger partial charge on any atom is -0.382 e. The van der Waals surface area contributed by atoms with E-state index < -0.39 is 0 Å². The van der Waals surface area contributed by atoms with E-state index in [1.54, 1.807) is 12.4 Å². The lowest BCUT2D eigenvalue weighted by Crippen LogP contribution is -2.04. The Balaban J connectivity index is 2.28. The molecule has 0 amide bonds. The largest absolute Gasteiger partial charge is 0.382 e. The Morgan fingerprint density at radius 1 is 1.05 bits per heavy atom. The molecule has 0 aromatic carbocycles. The minimum atomic E-state index is -0.140. The molecule has 1 unspecified atom stereocenters. The lowest BCUT2D eigenvalue weighted by Gasteiger charge is -2.12. The number of pyridine rings is 1. The summed E-state index contributed by atoms with van der Waals surface area (Å²) in [5.41, 5.74) is 7.80. The van der Waals surface area contributed by atoms with Crippen molar-refractivity contribution in [2.45, 2.75) is 19.8 Å². The first-order chi connectivity index (χ1) is 9.11. The van der Waals surface area contributed by atoms with Crippen LogP contribution in [0.3, 0.4) is 0 Å². The van der Waals surface area contributed by atoms with Crippen LogP contribution >= 0.6 is 0 Å². The van der Waals surface area contributed by atoms with Gasteiger partial charge in [-0.3, -0.25) is 4.98 Å². The van der Waals surface area contributed by atoms with Crippen molar-refractivity contribution in [3.63, 3.8) is 0 Å². The highest BCUT2D eigenvalue weighted by Gasteiger charge is 2.15. The van der Waals surface area contributed by atoms with Gasteiger partial charge in [0.1, 0.15) is 11.5 Å². The van der Waals surface area contributed by atoms with Crippen LogP contribution in [0, 0.1) is 17.2 Å². The highest BCUT2D eigenvalue weighted by molar-refractivity contribution is 5.53. The van der Waals surface area contributed by atoms with Crippen LogP contribution in [0.4, 0.5) is 5.82 Å². The number of nitrogen functional groups attached to an aromatic ring is 1. The SMILES string of the molecule is CC(C)C(C#N)c1ccc(-c2cnc(N)cn2)nc1. The van der Waals surface area contributed by atoms with Gasteiger partial charge in [0.05, 0.1) is 30.1 Å². The molecule has 2 aromatic heterocycles. The Labute approximate surface area is 112 Å². The normalized spacial score (nSPS) is 12.1. The zero-order valence-corrected chi connectivity index (χ0v) is 10.9. The first kappa shape index (κ1) is 13.0. The molecule has 0 saturated heterocycles. The van der Waals surface area contributed by atoms with Crippen LogP contribution in [0.2, 0.25) is 0 Å². The van der Waals surface area contributed by atoms with Crippen LogP contribution in [0.1, 0.15) is 25.3 Å². The van der Waals surface area contributed by atoms with E-state index in [2.05, 4.69) is 21.0 Å². The summed E-state index contributed by atoms with van der Waals surface area (Å²) in [4.78, 5) is 12.5. The van der Waals surface area contributed by atoms with Crippen molar-refractivity contribution in [2.24, 2.45) is 5.92 Å². The van der Waals surface area contributed by atoms with Gasteiger partial charge in [-0.15, -0.1) is 0 Å². The van der Waals surface area contributed by atoms with E-state index >= 15 is 0 Å². The molecule has 96 valence electrons. The molecule has 0 radical (unpaired) electrons. The summed E-state index contributed by atoms with van der Waals surface area (Å²) in [5.74, 6) is 0.498. The summed E-state index contributed by atoms with van der Waals surface area (Å²) >= 11 is 0. The molecule has 0 fully saturated rings. The van der Waals surface area contributed by atoms with E-state index in [1.165, 1.54) is 6.20 Å². The fourth-order valence-electron chi connectivity index (χ4n) is 1.82. The molecule has 2 N–H and O–H groups in total. The van der Waals surface area contributed by atoms with E-state index in [1.807, 2.05) is 26.0 Å². The Hall–Kier alpha value is -2.48. The topological polar surface area (TPSA) is 88.5 Å². The van der Waals surface area contributed by atoms with Crippen molar-refractivity contribution in [1.29, 1.82) is 5.26 Å². The molecule has 0 aliphatic heterocycles. The lowest BCUT2D eigenvalue weighted by atomic mass is 9.91. The number of aromatic nitrogens is 3. The molecular formula is C14H15N5. The Morgan fingerprint density at radius 2 is 1.79 bits per heavy atom. The maximum Gasteiger partial charge on any atom is 0.141 e. The number of hydrogen-bond donors (Lipinski definition) is 1. The van der Waals surface area contributed by atoms with E-state index in [-0.39, 0.29) is 11.8 Å². The smallest absolute Gasteiger partial charge is 0.141 e. The Bertz CT molecular complexity index is 581. The molecule has 0 spiro atoms. The third-order valence-corrected chi connectivity index (χ3v) is 2.89. The third-order valence-electron chi connectivity index (χ3n) is 2.89. The number of rotatable bonds is 3. The predicted molar refractivity (Wildman–Crippen MR) is 72.9 cm³/mol. The van der Waals surface area contributed by atoms with E-state index in [4.69, 9.17) is 11.0 Å². The van der Waals surface area contributed by atoms with Crippen molar-refractivity contribution < 1.29 is 0 Å². The summed E-state index contributed by atoms with van der Waals surface area (Å²) in [6, 6.07) is 6.06. The molecule has 2 rings (SSSR count). The van der Waals surface area contributed by atoms with E-state index in [0.717, 1.165) is 11.3 Å². The van der Waals surface area contributed by atoms with Crippen molar-refractivity contribution in [1.82, 2.24) is 15.0 Å². The van der Waals surface area contributed by atoms with Crippen LogP contribution < -0.4 is 5.73 Å². The van der Waals surface area contributed by atoms with Gasteiger partial charge in [0, 0.05) is 6.20 Å². The first-order valence-corrected chi connectivity index (χ1v) is 6.05. The molecule has 2 heterocycles. The number of nitriles is 1. The zero-order chi connectivity index (χ0) is 13.8. The van der Waals surface area contributed by atoms with Crippen LogP contribution in [-0.2, 0) is 0 Å². The molecule has 1 atom stereocenters. The van der Waals surface area contributed by atoms with Crippen LogP contribution in [0.25, 0.3) is 11.4 Å². The van der Waals surface area contributed by atoms with Gasteiger partial charge in [0.25, 0.3) is 0 Å². The van der Waals surface area contributed by atoms with Gasteiger partial charge in [-0.2, -0.15) is 5.26 Å². The molecule has 0 aliphatic carbocycles. The third kappa shape index (κ3) is 2.86. The van der Waals surface area contributed by atoms with Gasteiger partial charge < -0.3 is 5.73 Å². The number of hydrogen-bond acceptors (Lipinski definition) is 5. The highest BCUT2D eigenvalue weighted by Crippen LogP contribution is 2.24. The number of nitrogens with two attached hydrogens (primary N) is 1. The second-order valence-corrected chi connectivity index (χ2v) is 4.65. The fourth-order valence-corrected chi connectivity index (χ4v) is 1.82. The average Bonchev–Trinajstić information content (AvgIpc) is 2.41. The average molecular weight is 253 g/mol. The lowest BCUT2D eigenvalue weighted by molar-refractivity contribution is 0.586. The van der Waals surface area contributed by atoms with Gasteiger partial charge in [-0.25, -0.2) is 9.97 Å². The quantitative estimate of drug-likeness (QED) is 0.907. The van der Waals surface area contributed by atoms with E-state index in [0.29, 0.717) is 11.5 Å². The Morgan fingerprint density at radius 3 is 2.26 bits per heavy atom. The molecule has 5 nitrogen and oxygen atoms in total. The first-order valence-electron chi connectivity index (χ1n) is 6.05. The van der Waals surface area contributed by atoms with Crippen LogP contribution in [0.5, 0.6) is 0 Å². The van der Waals surface area contributed by atoms with Gasteiger partial charge in [-0.1, -0.05) is 19.9 Å². The van der Waals surface area contributed by atoms with Crippen molar-refractivity contribution >= 4 is 5.82 Å². The Kier molecular flexibility index (Phi) is 3.71. The summed E-state index contributed by atoms with van der Waals surface area (Å²) in [5, 5.41) is 9.15. The molecule has 2 aromatic rings. The molecule has 19 heavy (non-hydrogen) atoms. The number of nitrogens with zero attached hydrogens (tertiary/aromatic N) is 4. The molecule has 0 bridgehead atoms. The van der Waals surface area contributed by atoms with Crippen molar-refractivity contribution in [3.8, 4) is 17.5 Å². The zero-order valence-electron chi connectivity index (χ0n) is 10.9. The maximum absolute atomic E-state index is 9.15. The van der Waals surface area contributed by atoms with Gasteiger partial charge >= 0.3 is 0 Å². The van der Waals surface area contributed by atoms with Gasteiger partial charge in [0.2, 0.25) is 0 Å². The van der Waals surface area contributed by atoms with Gasteiger partial charge in [0.15, 0.2) is 0 Å². The molecule has 0 saturated carbocycles. The van der Waals surface area contributed by atoms with Crippen molar-refractivity contribution in [3.05, 3.63) is 36.3 Å². The second-order valence-electron chi connectivity index (χ2n) is 4.65. The number of anilines is 1. The standard InChI is InChI=1S/C14H15N5/c1-9(2)11(5-15)10-3-4-12(17-6-10)13-7-19-14(16)8-18-13/h3-4,6-9,11H,1-2H3,(H2,16,19). The summed E-state index contributed by atoms with van der Waals surface area (Å²) in [7, 11) is 0. The fraction of sp³-hybridized carbons (Fsp3) is 0.286. The monoisotopic (exact) mass is 253 g/mol. The van der Waals surface area contributed by atoms with Crippen LogP contribution in [-0.4, -0.2) is 15.0 Å². The van der Waals surface area contributed by atoms with Gasteiger partial charge in [-0.05, 0) is 17.5 Å². The highest BCUT2D eigenvalue weighted by atomic mass is 14.9. The minimum absolute atomic E-state index is 0.140. The summed E-state index contributed by atoms with van der Waals surface area (Å²) in [6.45, 7) is 4.04. The summed E-state index contributed by atoms with van der Waals surface area (Å²) in [6.07, 6.45) is 4.81.